The summed E-state index contributed by atoms with van der Waals surface area (Å²) < 4.78 is 32.6. The fourth-order valence-corrected chi connectivity index (χ4v) is 4.05. The van der Waals surface area contributed by atoms with Gasteiger partial charge in [0.1, 0.15) is 0 Å². The molecular formula is C20H19ClN2O4S. The third-order valence-electron chi connectivity index (χ3n) is 3.75. The number of hydrogen-bond acceptors (Lipinski definition) is 5. The number of esters is 1. The molecule has 0 spiro atoms. The predicted molar refractivity (Wildman–Crippen MR) is 108 cm³/mol. The van der Waals surface area contributed by atoms with Gasteiger partial charge in [-0.05, 0) is 36.8 Å². The number of anilines is 1. The number of halogens is 1. The molecule has 0 bridgehead atoms. The van der Waals surface area contributed by atoms with Gasteiger partial charge < -0.3 is 4.74 Å². The topological polar surface area (TPSA) is 87.5 Å². The van der Waals surface area contributed by atoms with Crippen LogP contribution in [0.25, 0.3) is 0 Å². The van der Waals surface area contributed by atoms with E-state index in [0.717, 1.165) is 0 Å². The van der Waals surface area contributed by atoms with Crippen molar-refractivity contribution in [3.8, 4) is 6.07 Å². The monoisotopic (exact) mass is 418 g/mol. The molecule has 0 unspecified atom stereocenters. The summed E-state index contributed by atoms with van der Waals surface area (Å²) >= 11 is 6.06. The summed E-state index contributed by atoms with van der Waals surface area (Å²) in [5.74, 6) is -0.741. The summed E-state index contributed by atoms with van der Waals surface area (Å²) in [4.78, 5) is 12.2. The van der Waals surface area contributed by atoms with Gasteiger partial charge in [0.15, 0.2) is 0 Å². The molecule has 2 aromatic rings. The zero-order chi connectivity index (χ0) is 20.6. The van der Waals surface area contributed by atoms with Crippen molar-refractivity contribution in [3.05, 3.63) is 71.8 Å². The summed E-state index contributed by atoms with van der Waals surface area (Å²) in [6, 6.07) is 14.4. The highest BCUT2D eigenvalue weighted by Crippen LogP contribution is 2.27. The Labute approximate surface area is 169 Å². The molecule has 0 aliphatic rings. The maximum Gasteiger partial charge on any atom is 0.339 e. The first-order chi connectivity index (χ1) is 13.4. The zero-order valence-corrected chi connectivity index (χ0v) is 16.6. The number of para-hydroxylation sites is 1. The summed E-state index contributed by atoms with van der Waals surface area (Å²) in [5.41, 5.74) is 0.421. The Bertz CT molecular complexity index is 985. The lowest BCUT2D eigenvalue weighted by molar-refractivity contribution is 0.0501. The summed E-state index contributed by atoms with van der Waals surface area (Å²) in [7, 11) is -3.97. The molecule has 146 valence electrons. The van der Waals surface area contributed by atoms with Crippen molar-refractivity contribution in [3.63, 3.8) is 0 Å². The second-order valence-corrected chi connectivity index (χ2v) is 7.97. The van der Waals surface area contributed by atoms with Crippen LogP contribution in [0.5, 0.6) is 0 Å². The normalized spacial score (nSPS) is 10.7. The van der Waals surface area contributed by atoms with Crippen LogP contribution >= 0.6 is 11.6 Å². The van der Waals surface area contributed by atoms with E-state index < -0.39 is 16.0 Å². The predicted octanol–water partition coefficient (Wildman–Crippen LogP) is 4.18. The molecule has 0 aliphatic heterocycles. The number of carbonyl (C=O) groups is 1. The number of ether oxygens (including phenoxy) is 1. The van der Waals surface area contributed by atoms with Gasteiger partial charge in [-0.1, -0.05) is 35.9 Å². The fraction of sp³-hybridized carbons (Fsp3) is 0.200. The van der Waals surface area contributed by atoms with E-state index in [0.29, 0.717) is 12.1 Å². The third kappa shape index (κ3) is 5.12. The molecule has 8 heteroatoms. The molecule has 2 aromatic carbocycles. The molecular weight excluding hydrogens is 400 g/mol. The Morgan fingerprint density at radius 2 is 1.96 bits per heavy atom. The van der Waals surface area contributed by atoms with Crippen LogP contribution in [-0.2, 0) is 14.8 Å². The standard InChI is InChI=1S/C20H19ClN2O4S/c1-2-13-23(16-8-4-3-5-9-16)28(25,26)17-10-11-19(21)18(15-17)20(24)27-14-7-6-12-22/h2-5,8-11,15H,1,6-7,13-14H2. The number of carbonyl (C=O) groups excluding carboxylic acids is 1. The smallest absolute Gasteiger partial charge is 0.339 e. The number of rotatable bonds is 9. The van der Waals surface area contributed by atoms with E-state index in [4.69, 9.17) is 21.6 Å². The molecule has 0 atom stereocenters. The van der Waals surface area contributed by atoms with Gasteiger partial charge in [0.25, 0.3) is 10.0 Å². The van der Waals surface area contributed by atoms with Crippen LogP contribution in [0, 0.1) is 11.3 Å². The Kier molecular flexibility index (Phi) is 7.61. The van der Waals surface area contributed by atoms with Crippen LogP contribution in [0.15, 0.2) is 66.1 Å². The van der Waals surface area contributed by atoms with E-state index in [1.807, 2.05) is 6.07 Å². The number of nitriles is 1. The zero-order valence-electron chi connectivity index (χ0n) is 15.0. The third-order valence-corrected chi connectivity index (χ3v) is 5.87. The van der Waals surface area contributed by atoms with Gasteiger partial charge >= 0.3 is 5.97 Å². The van der Waals surface area contributed by atoms with Crippen LogP contribution in [0.1, 0.15) is 23.2 Å². The first-order valence-corrected chi connectivity index (χ1v) is 10.3. The van der Waals surface area contributed by atoms with E-state index in [-0.39, 0.29) is 35.1 Å². The SMILES string of the molecule is C=CCN(c1ccccc1)S(=O)(=O)c1ccc(Cl)c(C(=O)OCCCC#N)c1. The molecule has 28 heavy (non-hydrogen) atoms. The maximum absolute atomic E-state index is 13.2. The molecule has 0 radical (unpaired) electrons. The quantitative estimate of drug-likeness (QED) is 0.346. The number of hydrogen-bond donors (Lipinski definition) is 0. The Balaban J connectivity index is 2.36. The highest BCUT2D eigenvalue weighted by molar-refractivity contribution is 7.92. The first-order valence-electron chi connectivity index (χ1n) is 8.44. The minimum Gasteiger partial charge on any atom is -0.462 e. The second kappa shape index (κ2) is 9.93. The van der Waals surface area contributed by atoms with Crippen molar-refractivity contribution < 1.29 is 17.9 Å². The minimum atomic E-state index is -3.97. The molecule has 0 heterocycles. The molecule has 0 saturated heterocycles. The number of benzene rings is 2. The van der Waals surface area contributed by atoms with E-state index in [9.17, 15) is 13.2 Å². The van der Waals surface area contributed by atoms with E-state index in [2.05, 4.69) is 6.58 Å². The van der Waals surface area contributed by atoms with Gasteiger partial charge in [0, 0.05) is 6.42 Å². The number of sulfonamides is 1. The van der Waals surface area contributed by atoms with Crippen LogP contribution in [-0.4, -0.2) is 27.5 Å². The van der Waals surface area contributed by atoms with Crippen molar-refractivity contribution >= 4 is 33.3 Å². The van der Waals surface area contributed by atoms with Gasteiger partial charge in [-0.15, -0.1) is 6.58 Å². The number of unbranched alkanes of at least 4 members (excludes halogenated alkanes) is 1. The minimum absolute atomic E-state index is 0.0479. The molecule has 0 aliphatic carbocycles. The van der Waals surface area contributed by atoms with Crippen molar-refractivity contribution in [1.82, 2.24) is 0 Å². The maximum atomic E-state index is 13.2. The lowest BCUT2D eigenvalue weighted by atomic mass is 10.2. The summed E-state index contributed by atoms with van der Waals surface area (Å²) in [6.07, 6.45) is 2.12. The fourth-order valence-electron chi connectivity index (χ4n) is 2.40. The Hall–Kier alpha value is -2.82. The van der Waals surface area contributed by atoms with Gasteiger partial charge in [-0.25, -0.2) is 13.2 Å². The highest BCUT2D eigenvalue weighted by Gasteiger charge is 2.26. The molecule has 0 N–H and O–H groups in total. The van der Waals surface area contributed by atoms with Crippen molar-refractivity contribution in [2.45, 2.75) is 17.7 Å². The average molecular weight is 419 g/mol. The molecule has 2 rings (SSSR count). The Morgan fingerprint density at radius 3 is 2.61 bits per heavy atom. The Morgan fingerprint density at radius 1 is 1.25 bits per heavy atom. The van der Waals surface area contributed by atoms with E-state index in [1.54, 1.807) is 30.3 Å². The van der Waals surface area contributed by atoms with Crippen molar-refractivity contribution in [1.29, 1.82) is 5.26 Å². The molecule has 0 fully saturated rings. The van der Waals surface area contributed by atoms with Gasteiger partial charge in [0.05, 0.1) is 40.4 Å². The van der Waals surface area contributed by atoms with Gasteiger partial charge in [0.2, 0.25) is 0 Å². The number of nitrogens with zero attached hydrogens (tertiary/aromatic N) is 2. The van der Waals surface area contributed by atoms with Gasteiger partial charge in [-0.3, -0.25) is 4.31 Å². The van der Waals surface area contributed by atoms with Crippen LogP contribution in [0.4, 0.5) is 5.69 Å². The second-order valence-electron chi connectivity index (χ2n) is 5.70. The van der Waals surface area contributed by atoms with Crippen molar-refractivity contribution in [2.24, 2.45) is 0 Å². The molecule has 6 nitrogen and oxygen atoms in total. The van der Waals surface area contributed by atoms with Crippen LogP contribution in [0.3, 0.4) is 0 Å². The van der Waals surface area contributed by atoms with E-state index >= 15 is 0 Å². The summed E-state index contributed by atoms with van der Waals surface area (Å²) in [5, 5.41) is 8.60. The largest absolute Gasteiger partial charge is 0.462 e. The van der Waals surface area contributed by atoms with Crippen LogP contribution < -0.4 is 4.31 Å². The first kappa shape index (κ1) is 21.5. The lowest BCUT2D eigenvalue weighted by Gasteiger charge is -2.23. The lowest BCUT2D eigenvalue weighted by Crippen LogP contribution is -2.31. The molecule has 0 aromatic heterocycles. The highest BCUT2D eigenvalue weighted by atomic mass is 35.5. The molecule has 0 saturated carbocycles. The van der Waals surface area contributed by atoms with Crippen LogP contribution in [0.2, 0.25) is 5.02 Å². The van der Waals surface area contributed by atoms with E-state index in [1.165, 1.54) is 28.6 Å². The summed E-state index contributed by atoms with van der Waals surface area (Å²) in [6.45, 7) is 3.72. The average Bonchev–Trinajstić information content (AvgIpc) is 2.70. The van der Waals surface area contributed by atoms with Crippen molar-refractivity contribution in [2.75, 3.05) is 17.5 Å². The van der Waals surface area contributed by atoms with Gasteiger partial charge in [-0.2, -0.15) is 5.26 Å². The molecule has 0 amide bonds.